The monoisotopic (exact) mass is 298 g/mol. The minimum absolute atomic E-state index is 0.103. The lowest BCUT2D eigenvalue weighted by Crippen LogP contribution is -2.23. The number of nitrogens with zero attached hydrogens (tertiary/aromatic N) is 1. The van der Waals surface area contributed by atoms with Crippen LogP contribution in [0, 0.1) is 6.92 Å². The van der Waals surface area contributed by atoms with E-state index in [0.717, 1.165) is 5.56 Å². The van der Waals surface area contributed by atoms with Gasteiger partial charge in [-0.15, -0.1) is 0 Å². The zero-order valence-corrected chi connectivity index (χ0v) is 12.8. The third-order valence-corrected chi connectivity index (χ3v) is 3.71. The number of hydrogen-bond acceptors (Lipinski definition) is 3. The van der Waals surface area contributed by atoms with Gasteiger partial charge in [-0.2, -0.15) is 0 Å². The number of aromatic nitrogens is 1. The number of rotatable bonds is 4. The van der Waals surface area contributed by atoms with Crippen LogP contribution in [-0.4, -0.2) is 29.0 Å². The second-order valence-corrected chi connectivity index (χ2v) is 5.08. The largest absolute Gasteiger partial charge is 0.478 e. The summed E-state index contributed by atoms with van der Waals surface area (Å²) in [6.07, 6.45) is 0. The van der Waals surface area contributed by atoms with E-state index in [1.165, 1.54) is 7.05 Å². The highest BCUT2D eigenvalue weighted by Crippen LogP contribution is 2.25. The van der Waals surface area contributed by atoms with Crippen molar-refractivity contribution in [1.29, 1.82) is 0 Å². The highest BCUT2D eigenvalue weighted by Gasteiger charge is 2.21. The van der Waals surface area contributed by atoms with Gasteiger partial charge in [0, 0.05) is 18.7 Å². The number of carboxylic acids is 1. The molecule has 1 amide bonds. The number of hydrogen-bond donors (Lipinski definition) is 2. The fourth-order valence-corrected chi connectivity index (χ4v) is 2.32. The minimum atomic E-state index is -1.06. The van der Waals surface area contributed by atoms with Crippen molar-refractivity contribution in [2.75, 3.05) is 7.05 Å². The summed E-state index contributed by atoms with van der Waals surface area (Å²) in [5, 5.41) is 11.9. The van der Waals surface area contributed by atoms with Crippen molar-refractivity contribution < 1.29 is 14.7 Å². The van der Waals surface area contributed by atoms with Gasteiger partial charge in [0.05, 0.1) is 5.56 Å². The van der Waals surface area contributed by atoms with Gasteiger partial charge in [0.2, 0.25) is 0 Å². The molecular weight excluding hydrogens is 280 g/mol. The Labute approximate surface area is 129 Å². The van der Waals surface area contributed by atoms with Crippen LogP contribution in [0.1, 0.15) is 50.5 Å². The van der Waals surface area contributed by atoms with E-state index in [-0.39, 0.29) is 23.1 Å². The molecule has 0 aliphatic rings. The van der Waals surface area contributed by atoms with Gasteiger partial charge in [-0.3, -0.25) is 4.79 Å². The number of pyridine rings is 1. The maximum atomic E-state index is 12.0. The van der Waals surface area contributed by atoms with Gasteiger partial charge in [0.25, 0.3) is 5.91 Å². The molecule has 2 aromatic rings. The summed E-state index contributed by atoms with van der Waals surface area (Å²) in [4.78, 5) is 27.8. The minimum Gasteiger partial charge on any atom is -0.478 e. The van der Waals surface area contributed by atoms with E-state index in [2.05, 4.69) is 10.3 Å². The predicted molar refractivity (Wildman–Crippen MR) is 83.3 cm³/mol. The average Bonchev–Trinajstić information content (AvgIpc) is 2.54. The molecule has 0 aliphatic heterocycles. The van der Waals surface area contributed by atoms with Crippen molar-refractivity contribution >= 4 is 11.9 Å². The summed E-state index contributed by atoms with van der Waals surface area (Å²) in [5.74, 6) is -1.56. The van der Waals surface area contributed by atoms with E-state index in [1.54, 1.807) is 13.0 Å². The Morgan fingerprint density at radius 3 is 2.41 bits per heavy atom. The number of carbonyl (C=O) groups excluding carboxylic acids is 1. The van der Waals surface area contributed by atoms with Gasteiger partial charge in [-0.1, -0.05) is 37.3 Å². The molecule has 1 aromatic heterocycles. The highest BCUT2D eigenvalue weighted by atomic mass is 16.4. The number of carboxylic acid groups (broad SMARTS) is 1. The molecule has 0 fully saturated rings. The fourth-order valence-electron chi connectivity index (χ4n) is 2.32. The molecule has 5 heteroatoms. The molecule has 5 nitrogen and oxygen atoms in total. The van der Waals surface area contributed by atoms with Crippen LogP contribution >= 0.6 is 0 Å². The summed E-state index contributed by atoms with van der Waals surface area (Å²) < 4.78 is 0. The fraction of sp³-hybridized carbons (Fsp3) is 0.235. The summed E-state index contributed by atoms with van der Waals surface area (Å²) in [5.41, 5.74) is 2.20. The predicted octanol–water partition coefficient (Wildman–Crippen LogP) is 2.60. The van der Waals surface area contributed by atoms with Crippen LogP contribution < -0.4 is 5.32 Å². The van der Waals surface area contributed by atoms with Crippen LogP contribution in [0.2, 0.25) is 0 Å². The molecule has 0 saturated carbocycles. The Morgan fingerprint density at radius 2 is 1.86 bits per heavy atom. The third-order valence-electron chi connectivity index (χ3n) is 3.71. The van der Waals surface area contributed by atoms with Crippen molar-refractivity contribution in [3.05, 3.63) is 64.5 Å². The van der Waals surface area contributed by atoms with Crippen LogP contribution in [0.4, 0.5) is 0 Å². The van der Waals surface area contributed by atoms with E-state index in [1.807, 2.05) is 37.3 Å². The Kier molecular flexibility index (Phi) is 4.56. The Hall–Kier alpha value is -2.69. The summed E-state index contributed by atoms with van der Waals surface area (Å²) in [6.45, 7) is 3.53. The molecule has 0 radical (unpaired) electrons. The van der Waals surface area contributed by atoms with Crippen LogP contribution in [0.15, 0.2) is 36.4 Å². The van der Waals surface area contributed by atoms with Gasteiger partial charge in [0.15, 0.2) is 0 Å². The van der Waals surface area contributed by atoms with Gasteiger partial charge in [-0.05, 0) is 24.1 Å². The SMILES string of the molecule is CNC(=O)c1nc(C(C)c2ccccc2)cc(C(=O)O)c1C. The van der Waals surface area contributed by atoms with Gasteiger partial charge in [0.1, 0.15) is 5.69 Å². The molecule has 114 valence electrons. The molecule has 1 unspecified atom stereocenters. The van der Waals surface area contributed by atoms with Gasteiger partial charge >= 0.3 is 5.97 Å². The number of carbonyl (C=O) groups is 2. The van der Waals surface area contributed by atoms with E-state index >= 15 is 0 Å². The molecule has 0 aliphatic carbocycles. The van der Waals surface area contributed by atoms with Crippen LogP contribution in [0.5, 0.6) is 0 Å². The standard InChI is InChI=1S/C17H18N2O3/c1-10(12-7-5-4-6-8-12)14-9-13(17(21)22)11(2)15(19-14)16(20)18-3/h4-10H,1-3H3,(H,18,20)(H,21,22). The molecular formula is C17H18N2O3. The van der Waals surface area contributed by atoms with E-state index in [4.69, 9.17) is 0 Å². The molecule has 0 spiro atoms. The number of aromatic carboxylic acids is 1. The molecule has 1 aromatic carbocycles. The van der Waals surface area contributed by atoms with Crippen molar-refractivity contribution in [3.63, 3.8) is 0 Å². The zero-order valence-electron chi connectivity index (χ0n) is 12.8. The Balaban J connectivity index is 2.59. The lowest BCUT2D eigenvalue weighted by molar-refractivity contribution is 0.0695. The summed E-state index contributed by atoms with van der Waals surface area (Å²) in [7, 11) is 1.50. The first-order valence-corrected chi connectivity index (χ1v) is 6.97. The van der Waals surface area contributed by atoms with E-state index in [9.17, 15) is 14.7 Å². The first-order chi connectivity index (χ1) is 10.5. The highest BCUT2D eigenvalue weighted by molar-refractivity contribution is 5.98. The quantitative estimate of drug-likeness (QED) is 0.909. The van der Waals surface area contributed by atoms with E-state index < -0.39 is 5.97 Å². The summed E-state index contributed by atoms with van der Waals surface area (Å²) >= 11 is 0. The maximum Gasteiger partial charge on any atom is 0.336 e. The number of nitrogens with one attached hydrogen (secondary N) is 1. The van der Waals surface area contributed by atoms with Crippen LogP contribution in [0.25, 0.3) is 0 Å². The first kappa shape index (κ1) is 15.7. The molecule has 0 bridgehead atoms. The maximum absolute atomic E-state index is 12.0. The van der Waals surface area contributed by atoms with Crippen LogP contribution in [0.3, 0.4) is 0 Å². The Morgan fingerprint density at radius 1 is 1.23 bits per heavy atom. The normalized spacial score (nSPS) is 11.8. The number of amides is 1. The molecule has 2 N–H and O–H groups in total. The molecule has 2 rings (SSSR count). The van der Waals surface area contributed by atoms with Crippen LogP contribution in [-0.2, 0) is 0 Å². The third kappa shape index (κ3) is 2.98. The average molecular weight is 298 g/mol. The molecule has 1 atom stereocenters. The topological polar surface area (TPSA) is 79.3 Å². The lowest BCUT2D eigenvalue weighted by Gasteiger charge is -2.15. The van der Waals surface area contributed by atoms with E-state index in [0.29, 0.717) is 11.3 Å². The van der Waals surface area contributed by atoms with Crippen molar-refractivity contribution in [3.8, 4) is 0 Å². The van der Waals surface area contributed by atoms with Crippen molar-refractivity contribution in [2.45, 2.75) is 19.8 Å². The zero-order chi connectivity index (χ0) is 16.3. The Bertz CT molecular complexity index is 711. The number of benzene rings is 1. The second-order valence-electron chi connectivity index (χ2n) is 5.08. The first-order valence-electron chi connectivity index (χ1n) is 6.97. The second kappa shape index (κ2) is 6.39. The molecule has 0 saturated heterocycles. The molecule has 1 heterocycles. The van der Waals surface area contributed by atoms with Gasteiger partial charge in [-0.25, -0.2) is 9.78 Å². The smallest absolute Gasteiger partial charge is 0.336 e. The molecule has 22 heavy (non-hydrogen) atoms. The summed E-state index contributed by atoms with van der Waals surface area (Å²) in [6, 6.07) is 11.2. The lowest BCUT2D eigenvalue weighted by atomic mass is 9.94. The van der Waals surface area contributed by atoms with Gasteiger partial charge < -0.3 is 10.4 Å². The van der Waals surface area contributed by atoms with Crippen molar-refractivity contribution in [2.24, 2.45) is 0 Å². The van der Waals surface area contributed by atoms with Crippen molar-refractivity contribution in [1.82, 2.24) is 10.3 Å².